The number of nitrogens with zero attached hydrogens (tertiary/aromatic N) is 1. The number of hydrogen-bond donors (Lipinski definition) is 1. The van der Waals surface area contributed by atoms with Gasteiger partial charge in [-0.25, -0.2) is 0 Å². The number of fused-ring (bicyclic) bond motifs is 1. The molecule has 1 amide bonds. The van der Waals surface area contributed by atoms with Gasteiger partial charge in [0.25, 0.3) is 0 Å². The van der Waals surface area contributed by atoms with Crippen molar-refractivity contribution in [2.24, 2.45) is 0 Å². The van der Waals surface area contributed by atoms with Crippen molar-refractivity contribution in [2.45, 2.75) is 30.2 Å². The number of hydrogen-bond acceptors (Lipinski definition) is 5. The molecule has 0 radical (unpaired) electrons. The minimum absolute atomic E-state index is 0.0303. The van der Waals surface area contributed by atoms with Crippen molar-refractivity contribution in [1.82, 2.24) is 4.90 Å². The molecule has 0 aromatic heterocycles. The van der Waals surface area contributed by atoms with Crippen molar-refractivity contribution in [2.75, 3.05) is 37.9 Å². The summed E-state index contributed by atoms with van der Waals surface area (Å²) in [4.78, 5) is 16.0. The molecule has 2 heterocycles. The van der Waals surface area contributed by atoms with Crippen LogP contribution in [0.5, 0.6) is 11.5 Å². The Kier molecular flexibility index (Phi) is 6.07. The largest absolute Gasteiger partial charge is 0.490 e. The van der Waals surface area contributed by atoms with E-state index in [1.165, 1.54) is 5.56 Å². The third-order valence-electron chi connectivity index (χ3n) is 5.25. The van der Waals surface area contributed by atoms with E-state index in [1.807, 2.05) is 36.6 Å². The first-order valence-electron chi connectivity index (χ1n) is 9.81. The zero-order chi connectivity index (χ0) is 19.3. The maximum Gasteiger partial charge on any atom is 0.238 e. The standard InChI is InChI=1S/C22H26N2O3S/c1-28-21-8-3-2-6-17(21)23-22(25)15-24-11-4-7-18(24)16-9-10-19-20(14-16)27-13-5-12-26-19/h2-3,6,8-10,14,18H,4-5,7,11-13,15H2,1H3,(H,23,25)/t18-/m0/s1. The maximum absolute atomic E-state index is 12.7. The average molecular weight is 399 g/mol. The van der Waals surface area contributed by atoms with E-state index in [9.17, 15) is 4.79 Å². The van der Waals surface area contributed by atoms with Crippen molar-refractivity contribution >= 4 is 23.4 Å². The Balaban J connectivity index is 1.45. The Morgan fingerprint density at radius 3 is 2.82 bits per heavy atom. The van der Waals surface area contributed by atoms with Gasteiger partial charge >= 0.3 is 0 Å². The fourth-order valence-corrected chi connectivity index (χ4v) is 4.46. The Morgan fingerprint density at radius 2 is 1.96 bits per heavy atom. The summed E-state index contributed by atoms with van der Waals surface area (Å²) in [6.07, 6.45) is 5.06. The first kappa shape index (κ1) is 19.2. The molecule has 1 fully saturated rings. The Morgan fingerprint density at radius 1 is 1.14 bits per heavy atom. The van der Waals surface area contributed by atoms with E-state index in [2.05, 4.69) is 22.3 Å². The van der Waals surface area contributed by atoms with Gasteiger partial charge in [-0.05, 0) is 55.5 Å². The summed E-state index contributed by atoms with van der Waals surface area (Å²) in [5, 5.41) is 3.07. The van der Waals surface area contributed by atoms with Gasteiger partial charge in [-0.15, -0.1) is 11.8 Å². The summed E-state index contributed by atoms with van der Waals surface area (Å²) in [7, 11) is 0. The van der Waals surface area contributed by atoms with E-state index in [0.29, 0.717) is 19.8 Å². The van der Waals surface area contributed by atoms with Crippen LogP contribution in [0.25, 0.3) is 0 Å². The van der Waals surface area contributed by atoms with Gasteiger partial charge in [-0.2, -0.15) is 0 Å². The number of ether oxygens (including phenoxy) is 2. The Hall–Kier alpha value is -2.18. The predicted octanol–water partition coefficient (Wildman–Crippen LogP) is 4.35. The summed E-state index contributed by atoms with van der Waals surface area (Å²) in [6, 6.07) is 14.3. The van der Waals surface area contributed by atoms with Crippen molar-refractivity contribution in [1.29, 1.82) is 0 Å². The van der Waals surface area contributed by atoms with Gasteiger partial charge in [0.2, 0.25) is 5.91 Å². The Labute approximate surface area is 170 Å². The van der Waals surface area contributed by atoms with Crippen LogP contribution in [-0.2, 0) is 4.79 Å². The molecule has 28 heavy (non-hydrogen) atoms. The molecule has 5 nitrogen and oxygen atoms in total. The molecule has 148 valence electrons. The molecular weight excluding hydrogens is 372 g/mol. The molecule has 2 aliphatic rings. The summed E-state index contributed by atoms with van der Waals surface area (Å²) < 4.78 is 11.6. The third-order valence-corrected chi connectivity index (χ3v) is 6.04. The molecular formula is C22H26N2O3S. The predicted molar refractivity (Wildman–Crippen MR) is 112 cm³/mol. The van der Waals surface area contributed by atoms with Crippen LogP contribution in [0.1, 0.15) is 30.9 Å². The molecule has 4 rings (SSSR count). The van der Waals surface area contributed by atoms with Gasteiger partial charge < -0.3 is 14.8 Å². The lowest BCUT2D eigenvalue weighted by atomic mass is 10.0. The second kappa shape index (κ2) is 8.88. The quantitative estimate of drug-likeness (QED) is 0.759. The summed E-state index contributed by atoms with van der Waals surface area (Å²) in [5.41, 5.74) is 2.07. The lowest BCUT2D eigenvalue weighted by molar-refractivity contribution is -0.117. The number of amides is 1. The fourth-order valence-electron chi connectivity index (χ4n) is 3.90. The molecule has 0 saturated carbocycles. The maximum atomic E-state index is 12.7. The van der Waals surface area contributed by atoms with Crippen molar-refractivity contribution < 1.29 is 14.3 Å². The highest BCUT2D eigenvalue weighted by atomic mass is 32.2. The van der Waals surface area contributed by atoms with E-state index >= 15 is 0 Å². The molecule has 0 unspecified atom stereocenters. The smallest absolute Gasteiger partial charge is 0.238 e. The molecule has 1 saturated heterocycles. The molecule has 2 aliphatic heterocycles. The van der Waals surface area contributed by atoms with E-state index in [0.717, 1.165) is 47.9 Å². The molecule has 0 spiro atoms. The highest BCUT2D eigenvalue weighted by Crippen LogP contribution is 2.37. The number of para-hydroxylation sites is 1. The van der Waals surface area contributed by atoms with Crippen molar-refractivity contribution in [3.63, 3.8) is 0 Å². The lowest BCUT2D eigenvalue weighted by Gasteiger charge is -2.25. The molecule has 1 atom stereocenters. The zero-order valence-electron chi connectivity index (χ0n) is 16.1. The van der Waals surface area contributed by atoms with E-state index < -0.39 is 0 Å². The van der Waals surface area contributed by atoms with Crippen LogP contribution in [0.3, 0.4) is 0 Å². The van der Waals surface area contributed by atoms with Gasteiger partial charge in [-0.3, -0.25) is 9.69 Å². The number of benzene rings is 2. The summed E-state index contributed by atoms with van der Waals surface area (Å²) in [5.74, 6) is 1.67. The fraction of sp³-hybridized carbons (Fsp3) is 0.409. The van der Waals surface area contributed by atoms with Gasteiger partial charge in [0, 0.05) is 17.4 Å². The van der Waals surface area contributed by atoms with E-state index in [1.54, 1.807) is 11.8 Å². The lowest BCUT2D eigenvalue weighted by Crippen LogP contribution is -2.33. The van der Waals surface area contributed by atoms with Gasteiger partial charge in [0.15, 0.2) is 11.5 Å². The average Bonchev–Trinajstić information content (AvgIpc) is 3.03. The minimum atomic E-state index is 0.0303. The molecule has 1 N–H and O–H groups in total. The number of thioether (sulfide) groups is 1. The van der Waals surface area contributed by atoms with Crippen LogP contribution >= 0.6 is 11.8 Å². The summed E-state index contributed by atoms with van der Waals surface area (Å²) in [6.45, 7) is 2.69. The van der Waals surface area contributed by atoms with E-state index in [4.69, 9.17) is 9.47 Å². The molecule has 0 bridgehead atoms. The number of rotatable bonds is 5. The first-order valence-corrected chi connectivity index (χ1v) is 11.0. The first-order chi connectivity index (χ1) is 13.7. The summed E-state index contributed by atoms with van der Waals surface area (Å²) >= 11 is 1.64. The molecule has 2 aromatic carbocycles. The van der Waals surface area contributed by atoms with Crippen molar-refractivity contribution in [3.05, 3.63) is 48.0 Å². The van der Waals surface area contributed by atoms with Crippen molar-refractivity contribution in [3.8, 4) is 11.5 Å². The monoisotopic (exact) mass is 398 g/mol. The Bertz CT molecular complexity index is 842. The SMILES string of the molecule is CSc1ccccc1NC(=O)CN1CCC[C@H]1c1ccc2c(c1)OCCCO2. The van der Waals surface area contributed by atoms with Crippen LogP contribution in [0.15, 0.2) is 47.4 Å². The molecule has 0 aliphatic carbocycles. The zero-order valence-corrected chi connectivity index (χ0v) is 17.0. The molecule has 6 heteroatoms. The van der Waals surface area contributed by atoms with Crippen LogP contribution in [-0.4, -0.2) is 43.4 Å². The van der Waals surface area contributed by atoms with Crippen LogP contribution < -0.4 is 14.8 Å². The highest BCUT2D eigenvalue weighted by Gasteiger charge is 2.28. The molecule has 2 aromatic rings. The number of likely N-dealkylation sites (tertiary alicyclic amines) is 1. The number of nitrogens with one attached hydrogen (secondary N) is 1. The van der Waals surface area contributed by atoms with Crippen LogP contribution in [0.4, 0.5) is 5.69 Å². The minimum Gasteiger partial charge on any atom is -0.490 e. The van der Waals surface area contributed by atoms with Gasteiger partial charge in [0.05, 0.1) is 25.4 Å². The second-order valence-electron chi connectivity index (χ2n) is 7.13. The second-order valence-corrected chi connectivity index (χ2v) is 7.98. The number of carbonyl (C=O) groups excluding carboxylic acids is 1. The number of carbonyl (C=O) groups is 1. The van der Waals surface area contributed by atoms with Crippen LogP contribution in [0, 0.1) is 0 Å². The normalized spacial score (nSPS) is 19.2. The van der Waals surface area contributed by atoms with Gasteiger partial charge in [-0.1, -0.05) is 18.2 Å². The third kappa shape index (κ3) is 4.28. The highest BCUT2D eigenvalue weighted by molar-refractivity contribution is 7.98. The van der Waals surface area contributed by atoms with Gasteiger partial charge in [0.1, 0.15) is 0 Å². The number of anilines is 1. The topological polar surface area (TPSA) is 50.8 Å². The van der Waals surface area contributed by atoms with E-state index in [-0.39, 0.29) is 11.9 Å². The van der Waals surface area contributed by atoms with Crippen LogP contribution in [0.2, 0.25) is 0 Å².